The molecular weight excluding hydrogens is 461 g/mol. The van der Waals surface area contributed by atoms with Crippen LogP contribution < -0.4 is 20.1 Å². The molecule has 5 rings (SSSR count). The van der Waals surface area contributed by atoms with E-state index in [1.807, 2.05) is 13.0 Å². The summed E-state index contributed by atoms with van der Waals surface area (Å²) in [6, 6.07) is 5.36. The van der Waals surface area contributed by atoms with Gasteiger partial charge in [0, 0.05) is 36.5 Å². The van der Waals surface area contributed by atoms with E-state index in [1.54, 1.807) is 20.0 Å². The molecule has 0 saturated carbocycles. The Morgan fingerprint density at radius 2 is 1.97 bits per heavy atom. The van der Waals surface area contributed by atoms with Gasteiger partial charge in [-0.05, 0) is 43.7 Å². The van der Waals surface area contributed by atoms with Crippen molar-refractivity contribution in [1.29, 1.82) is 0 Å². The Morgan fingerprint density at radius 3 is 2.69 bits per heavy atom. The zero-order valence-corrected chi connectivity index (χ0v) is 19.8. The molecule has 2 aliphatic rings. The first-order valence-electron chi connectivity index (χ1n) is 11.6. The maximum absolute atomic E-state index is 13.5. The molecule has 186 valence electrons. The van der Waals surface area contributed by atoms with E-state index in [9.17, 15) is 13.2 Å². The summed E-state index contributed by atoms with van der Waals surface area (Å²) in [7, 11) is 1.60. The van der Waals surface area contributed by atoms with Crippen molar-refractivity contribution < 1.29 is 27.4 Å². The van der Waals surface area contributed by atoms with E-state index in [4.69, 9.17) is 14.2 Å². The van der Waals surface area contributed by atoms with Gasteiger partial charge in [-0.25, -0.2) is 9.97 Å². The number of halogens is 3. The fourth-order valence-electron chi connectivity index (χ4n) is 4.53. The molecule has 1 aromatic heterocycles. The average molecular weight is 489 g/mol. The van der Waals surface area contributed by atoms with Crippen molar-refractivity contribution in [1.82, 2.24) is 9.97 Å². The van der Waals surface area contributed by atoms with Crippen LogP contribution in [0.1, 0.15) is 41.9 Å². The Balaban J connectivity index is 1.55. The lowest BCUT2D eigenvalue weighted by molar-refractivity contribution is -0.137. The topological polar surface area (TPSA) is 77.5 Å². The molecule has 10 heteroatoms. The third-order valence-corrected chi connectivity index (χ3v) is 6.32. The van der Waals surface area contributed by atoms with E-state index in [0.717, 1.165) is 35.0 Å². The first kappa shape index (κ1) is 23.5. The highest BCUT2D eigenvalue weighted by molar-refractivity contribution is 5.95. The average Bonchev–Trinajstić information content (AvgIpc) is 3.51. The number of benzene rings is 2. The minimum absolute atomic E-state index is 0.0625. The zero-order chi connectivity index (χ0) is 24.7. The van der Waals surface area contributed by atoms with E-state index in [1.165, 1.54) is 0 Å². The second-order valence-corrected chi connectivity index (χ2v) is 8.86. The number of nitrogens with one attached hydrogen (secondary N) is 2. The normalized spacial score (nSPS) is 18.3. The number of rotatable bonds is 6. The lowest BCUT2D eigenvalue weighted by Gasteiger charge is -2.21. The SMILES string of the molecule is CNc1cc([C@@H](C)Nc2nc(C)nc3c4c(c(O[C@H]5CCOC5)cc23)OCC4)cc(C(F)(F)F)c1. The molecule has 3 heterocycles. The molecule has 1 saturated heterocycles. The summed E-state index contributed by atoms with van der Waals surface area (Å²) in [5.41, 5.74) is 1.87. The summed E-state index contributed by atoms with van der Waals surface area (Å²) in [4.78, 5) is 9.26. The van der Waals surface area contributed by atoms with Gasteiger partial charge < -0.3 is 24.8 Å². The monoisotopic (exact) mass is 488 g/mol. The standard InChI is InChI=1S/C25H27F3N4O3/c1-13(15-8-16(25(26,27)28)10-17(9-15)29-3)30-24-20-11-21(35-18-4-6-33-12-18)23-19(5-7-34-23)22(20)31-14(2)32-24/h8-11,13,18,29H,4-7,12H2,1-3H3,(H,30,31,32)/t13-,18+/m1/s1. The number of hydrogen-bond donors (Lipinski definition) is 2. The quantitative estimate of drug-likeness (QED) is 0.489. The highest BCUT2D eigenvalue weighted by Gasteiger charge is 2.32. The lowest BCUT2D eigenvalue weighted by atomic mass is 10.0. The van der Waals surface area contributed by atoms with Crippen LogP contribution in [0.5, 0.6) is 11.5 Å². The van der Waals surface area contributed by atoms with Crippen LogP contribution in [0.2, 0.25) is 0 Å². The van der Waals surface area contributed by atoms with Crippen LogP contribution in [0.25, 0.3) is 10.9 Å². The Hall–Kier alpha value is -3.27. The second kappa shape index (κ2) is 9.07. The van der Waals surface area contributed by atoms with Crippen LogP contribution in [0.4, 0.5) is 24.7 Å². The molecule has 7 nitrogen and oxygen atoms in total. The van der Waals surface area contributed by atoms with Crippen molar-refractivity contribution in [3.8, 4) is 11.5 Å². The molecule has 35 heavy (non-hydrogen) atoms. The molecule has 0 spiro atoms. The van der Waals surface area contributed by atoms with Gasteiger partial charge in [0.15, 0.2) is 11.5 Å². The molecule has 2 N–H and O–H groups in total. The maximum atomic E-state index is 13.5. The van der Waals surface area contributed by atoms with Crippen molar-refractivity contribution in [2.24, 2.45) is 0 Å². The summed E-state index contributed by atoms with van der Waals surface area (Å²) in [6.07, 6.45) is -3.03. The molecule has 2 aromatic carbocycles. The Labute approximate surface area is 201 Å². The predicted molar refractivity (Wildman–Crippen MR) is 126 cm³/mol. The van der Waals surface area contributed by atoms with E-state index < -0.39 is 17.8 Å². The third-order valence-electron chi connectivity index (χ3n) is 6.32. The largest absolute Gasteiger partial charge is 0.489 e. The molecular formula is C25H27F3N4O3. The summed E-state index contributed by atoms with van der Waals surface area (Å²) >= 11 is 0. The van der Waals surface area contributed by atoms with Crippen molar-refractivity contribution >= 4 is 22.4 Å². The smallest absolute Gasteiger partial charge is 0.416 e. The fraction of sp³-hybridized carbons (Fsp3) is 0.440. The van der Waals surface area contributed by atoms with Gasteiger partial charge >= 0.3 is 6.18 Å². The van der Waals surface area contributed by atoms with Crippen molar-refractivity contribution in [3.05, 3.63) is 46.8 Å². The van der Waals surface area contributed by atoms with Gasteiger partial charge in [0.05, 0.1) is 36.9 Å². The molecule has 2 atom stereocenters. The Morgan fingerprint density at radius 1 is 1.14 bits per heavy atom. The number of aromatic nitrogens is 2. The van der Waals surface area contributed by atoms with E-state index in [0.29, 0.717) is 60.6 Å². The zero-order valence-electron chi connectivity index (χ0n) is 19.8. The van der Waals surface area contributed by atoms with Crippen molar-refractivity contribution in [3.63, 3.8) is 0 Å². The maximum Gasteiger partial charge on any atom is 0.416 e. The van der Waals surface area contributed by atoms with Crippen molar-refractivity contribution in [2.45, 2.75) is 45.0 Å². The highest BCUT2D eigenvalue weighted by Crippen LogP contribution is 2.43. The van der Waals surface area contributed by atoms with Gasteiger partial charge in [-0.2, -0.15) is 13.2 Å². The second-order valence-electron chi connectivity index (χ2n) is 8.86. The number of nitrogens with zero attached hydrogens (tertiary/aromatic N) is 2. The summed E-state index contributed by atoms with van der Waals surface area (Å²) in [5.74, 6) is 2.39. The van der Waals surface area contributed by atoms with Crippen LogP contribution in [0.15, 0.2) is 24.3 Å². The molecule has 2 aliphatic heterocycles. The lowest BCUT2D eigenvalue weighted by Crippen LogP contribution is -2.16. The molecule has 0 amide bonds. The van der Waals surface area contributed by atoms with Gasteiger partial charge in [-0.3, -0.25) is 0 Å². The number of alkyl halides is 3. The predicted octanol–water partition coefficient (Wildman–Crippen LogP) is 5.27. The van der Waals surface area contributed by atoms with Gasteiger partial charge in [0.25, 0.3) is 0 Å². The minimum Gasteiger partial charge on any atom is -0.489 e. The molecule has 0 bridgehead atoms. The number of aryl methyl sites for hydroxylation is 1. The molecule has 3 aromatic rings. The highest BCUT2D eigenvalue weighted by atomic mass is 19.4. The number of anilines is 2. The molecule has 0 radical (unpaired) electrons. The van der Waals surface area contributed by atoms with E-state index >= 15 is 0 Å². The fourth-order valence-corrected chi connectivity index (χ4v) is 4.53. The van der Waals surface area contributed by atoms with Crippen LogP contribution >= 0.6 is 0 Å². The Bertz CT molecular complexity index is 1260. The van der Waals surface area contributed by atoms with Gasteiger partial charge in [0.1, 0.15) is 17.7 Å². The van der Waals surface area contributed by atoms with Gasteiger partial charge in [-0.15, -0.1) is 0 Å². The third kappa shape index (κ3) is 4.67. The first-order valence-corrected chi connectivity index (χ1v) is 11.6. The van der Waals surface area contributed by atoms with Crippen LogP contribution in [-0.2, 0) is 17.3 Å². The minimum atomic E-state index is -4.45. The van der Waals surface area contributed by atoms with E-state index in [2.05, 4.69) is 20.6 Å². The Kier molecular flexibility index (Phi) is 6.08. The van der Waals surface area contributed by atoms with Gasteiger partial charge in [-0.1, -0.05) is 0 Å². The summed E-state index contributed by atoms with van der Waals surface area (Å²) in [6.45, 7) is 5.30. The van der Waals surface area contributed by atoms with Crippen molar-refractivity contribution in [2.75, 3.05) is 37.5 Å². The number of ether oxygens (including phenoxy) is 3. The molecule has 1 fully saturated rings. The van der Waals surface area contributed by atoms with Gasteiger partial charge in [0.2, 0.25) is 0 Å². The van der Waals surface area contributed by atoms with Crippen LogP contribution in [0, 0.1) is 6.92 Å². The van der Waals surface area contributed by atoms with Crippen LogP contribution in [-0.4, -0.2) is 42.9 Å². The number of hydrogen-bond acceptors (Lipinski definition) is 7. The summed E-state index contributed by atoms with van der Waals surface area (Å²) in [5, 5.41) is 6.87. The molecule has 0 unspecified atom stereocenters. The number of fused-ring (bicyclic) bond motifs is 3. The van der Waals surface area contributed by atoms with E-state index in [-0.39, 0.29) is 6.10 Å². The van der Waals surface area contributed by atoms with Crippen LogP contribution in [0.3, 0.4) is 0 Å². The summed E-state index contributed by atoms with van der Waals surface area (Å²) < 4.78 is 58.0. The molecule has 0 aliphatic carbocycles. The first-order chi connectivity index (χ1) is 16.7.